The lowest BCUT2D eigenvalue weighted by Gasteiger charge is -2.16. The highest BCUT2D eigenvalue weighted by atomic mass is 35.5. The van der Waals surface area contributed by atoms with Crippen molar-refractivity contribution in [1.29, 1.82) is 0 Å². The zero-order valence-corrected chi connectivity index (χ0v) is 11.9. The topological polar surface area (TPSA) is 66.4 Å². The molecule has 0 radical (unpaired) electrons. The van der Waals surface area contributed by atoms with Crippen LogP contribution in [0.25, 0.3) is 0 Å². The zero-order chi connectivity index (χ0) is 15.2. The van der Waals surface area contributed by atoms with Crippen molar-refractivity contribution in [2.24, 2.45) is 0 Å². The second-order valence-electron chi connectivity index (χ2n) is 4.51. The first-order chi connectivity index (χ1) is 10.1. The lowest BCUT2D eigenvalue weighted by Crippen LogP contribution is -2.32. The van der Waals surface area contributed by atoms with E-state index in [0.717, 1.165) is 0 Å². The van der Waals surface area contributed by atoms with Crippen LogP contribution in [0.15, 0.2) is 54.6 Å². The number of hydrogen-bond acceptors (Lipinski definition) is 3. The number of Topliss-reactive ketones (excluding diaryl/α,β-unsaturated/α-hetero) is 1. The molecule has 2 N–H and O–H groups in total. The Morgan fingerprint density at radius 3 is 2.29 bits per heavy atom. The van der Waals surface area contributed by atoms with Crippen LogP contribution in [-0.2, 0) is 4.79 Å². The van der Waals surface area contributed by atoms with E-state index < -0.39 is 12.0 Å². The van der Waals surface area contributed by atoms with Crippen LogP contribution in [0.1, 0.15) is 16.8 Å². The van der Waals surface area contributed by atoms with Gasteiger partial charge in [-0.05, 0) is 12.1 Å². The molecule has 0 aliphatic rings. The van der Waals surface area contributed by atoms with Crippen LogP contribution in [0.2, 0.25) is 5.02 Å². The van der Waals surface area contributed by atoms with Gasteiger partial charge in [0.1, 0.15) is 6.04 Å². The Hall–Kier alpha value is -2.33. The van der Waals surface area contributed by atoms with Crippen molar-refractivity contribution in [3.63, 3.8) is 0 Å². The van der Waals surface area contributed by atoms with E-state index in [1.165, 1.54) is 0 Å². The third-order valence-corrected chi connectivity index (χ3v) is 3.32. The number of anilines is 1. The molecule has 108 valence electrons. The van der Waals surface area contributed by atoms with Crippen molar-refractivity contribution in [3.8, 4) is 0 Å². The van der Waals surface area contributed by atoms with E-state index >= 15 is 0 Å². The van der Waals surface area contributed by atoms with E-state index in [1.807, 2.05) is 0 Å². The number of hydrogen-bond donors (Lipinski definition) is 2. The smallest absolute Gasteiger partial charge is 0.326 e. The number of aliphatic carboxylic acids is 1. The van der Waals surface area contributed by atoms with Crippen molar-refractivity contribution in [3.05, 3.63) is 65.2 Å². The van der Waals surface area contributed by atoms with Gasteiger partial charge in [0, 0.05) is 12.0 Å². The maximum absolute atomic E-state index is 12.1. The van der Waals surface area contributed by atoms with Gasteiger partial charge in [0.05, 0.1) is 10.7 Å². The number of rotatable bonds is 6. The van der Waals surface area contributed by atoms with Crippen LogP contribution in [0.5, 0.6) is 0 Å². The molecule has 0 unspecified atom stereocenters. The first-order valence-electron chi connectivity index (χ1n) is 6.40. The Kier molecular flexibility index (Phi) is 4.95. The molecule has 0 saturated carbocycles. The average molecular weight is 304 g/mol. The number of carbonyl (C=O) groups is 2. The van der Waals surface area contributed by atoms with E-state index in [-0.39, 0.29) is 12.2 Å². The molecule has 21 heavy (non-hydrogen) atoms. The molecule has 0 amide bonds. The van der Waals surface area contributed by atoms with Gasteiger partial charge >= 0.3 is 5.97 Å². The van der Waals surface area contributed by atoms with Gasteiger partial charge in [-0.3, -0.25) is 4.79 Å². The van der Waals surface area contributed by atoms with E-state index in [0.29, 0.717) is 16.3 Å². The zero-order valence-electron chi connectivity index (χ0n) is 11.1. The second-order valence-corrected chi connectivity index (χ2v) is 4.92. The summed E-state index contributed by atoms with van der Waals surface area (Å²) < 4.78 is 0. The summed E-state index contributed by atoms with van der Waals surface area (Å²) in [5.74, 6) is -1.33. The van der Waals surface area contributed by atoms with Crippen LogP contribution >= 0.6 is 11.6 Å². The summed E-state index contributed by atoms with van der Waals surface area (Å²) in [4.78, 5) is 23.4. The van der Waals surface area contributed by atoms with Crippen molar-refractivity contribution in [2.45, 2.75) is 12.5 Å². The molecule has 2 aromatic rings. The standard InChI is InChI=1S/C16H14ClNO3/c17-12-8-4-5-9-13(12)18-14(16(20)21)10-15(19)11-6-2-1-3-7-11/h1-9,14,18H,10H2,(H,20,21)/t14-/m0/s1. The maximum atomic E-state index is 12.1. The SMILES string of the molecule is O=C(C[C@H](Nc1ccccc1Cl)C(=O)O)c1ccccc1. The van der Waals surface area contributed by atoms with E-state index in [4.69, 9.17) is 11.6 Å². The normalized spacial score (nSPS) is 11.7. The van der Waals surface area contributed by atoms with Crippen molar-refractivity contribution in [2.75, 3.05) is 5.32 Å². The lowest BCUT2D eigenvalue weighted by atomic mass is 10.0. The first-order valence-corrected chi connectivity index (χ1v) is 6.78. The van der Waals surface area contributed by atoms with Gasteiger partial charge in [-0.15, -0.1) is 0 Å². The van der Waals surface area contributed by atoms with E-state index in [9.17, 15) is 14.7 Å². The third-order valence-electron chi connectivity index (χ3n) is 2.99. The van der Waals surface area contributed by atoms with E-state index in [2.05, 4.69) is 5.32 Å². The molecule has 5 heteroatoms. The number of carbonyl (C=O) groups excluding carboxylic acids is 1. The Labute approximate surface area is 127 Å². The highest BCUT2D eigenvalue weighted by Crippen LogP contribution is 2.22. The predicted molar refractivity (Wildman–Crippen MR) is 81.9 cm³/mol. The van der Waals surface area contributed by atoms with Gasteiger partial charge in [0.15, 0.2) is 5.78 Å². The molecule has 0 saturated heterocycles. The molecule has 1 atom stereocenters. The fraction of sp³-hybridized carbons (Fsp3) is 0.125. The van der Waals surface area contributed by atoms with Crippen LogP contribution in [0.3, 0.4) is 0 Å². The minimum absolute atomic E-state index is 0.148. The quantitative estimate of drug-likeness (QED) is 0.802. The highest BCUT2D eigenvalue weighted by Gasteiger charge is 2.22. The average Bonchev–Trinajstić information content (AvgIpc) is 2.49. The number of benzene rings is 2. The van der Waals surface area contributed by atoms with E-state index in [1.54, 1.807) is 54.6 Å². The molecule has 0 heterocycles. The number of nitrogens with one attached hydrogen (secondary N) is 1. The van der Waals surface area contributed by atoms with Crippen molar-refractivity contribution in [1.82, 2.24) is 0 Å². The molecule has 2 aromatic carbocycles. The van der Waals surface area contributed by atoms with Crippen molar-refractivity contribution >= 4 is 29.0 Å². The largest absolute Gasteiger partial charge is 0.480 e. The Bertz CT molecular complexity index is 643. The Morgan fingerprint density at radius 2 is 1.67 bits per heavy atom. The number of ketones is 1. The molecule has 0 spiro atoms. The molecular formula is C16H14ClNO3. The summed E-state index contributed by atoms with van der Waals surface area (Å²) >= 11 is 5.99. The fourth-order valence-corrected chi connectivity index (χ4v) is 2.08. The maximum Gasteiger partial charge on any atom is 0.326 e. The summed E-state index contributed by atoms with van der Waals surface area (Å²) in [7, 11) is 0. The summed E-state index contributed by atoms with van der Waals surface area (Å²) in [6.07, 6.45) is -0.148. The Balaban J connectivity index is 2.12. The minimum atomic E-state index is -1.10. The van der Waals surface area contributed by atoms with Gasteiger partial charge in [0.25, 0.3) is 0 Å². The highest BCUT2D eigenvalue weighted by molar-refractivity contribution is 6.33. The molecule has 0 aromatic heterocycles. The summed E-state index contributed by atoms with van der Waals surface area (Å²) in [6, 6.07) is 14.4. The van der Waals surface area contributed by atoms with Crippen LogP contribution in [0, 0.1) is 0 Å². The summed E-state index contributed by atoms with van der Waals surface area (Å²) in [6.45, 7) is 0. The molecule has 2 rings (SSSR count). The van der Waals surface area contributed by atoms with Gasteiger partial charge in [-0.1, -0.05) is 54.1 Å². The number of halogens is 1. The van der Waals surface area contributed by atoms with Gasteiger partial charge in [-0.2, -0.15) is 0 Å². The molecule has 0 aliphatic carbocycles. The molecule has 0 aliphatic heterocycles. The summed E-state index contributed by atoms with van der Waals surface area (Å²) in [5, 5.41) is 12.5. The first kappa shape index (κ1) is 15.1. The molecule has 4 nitrogen and oxygen atoms in total. The van der Waals surface area contributed by atoms with Gasteiger partial charge < -0.3 is 10.4 Å². The molecule has 0 bridgehead atoms. The third kappa shape index (κ3) is 4.07. The molecular weight excluding hydrogens is 290 g/mol. The van der Waals surface area contributed by atoms with Crippen LogP contribution in [-0.4, -0.2) is 22.9 Å². The number of carboxylic acids is 1. The fourth-order valence-electron chi connectivity index (χ4n) is 1.89. The minimum Gasteiger partial charge on any atom is -0.480 e. The van der Waals surface area contributed by atoms with Gasteiger partial charge in [-0.25, -0.2) is 4.79 Å². The van der Waals surface area contributed by atoms with Crippen LogP contribution < -0.4 is 5.32 Å². The monoisotopic (exact) mass is 303 g/mol. The summed E-state index contributed by atoms with van der Waals surface area (Å²) in [5.41, 5.74) is 0.983. The second kappa shape index (κ2) is 6.90. The number of para-hydroxylation sites is 1. The van der Waals surface area contributed by atoms with Crippen LogP contribution in [0.4, 0.5) is 5.69 Å². The van der Waals surface area contributed by atoms with Gasteiger partial charge in [0.2, 0.25) is 0 Å². The van der Waals surface area contributed by atoms with Crippen molar-refractivity contribution < 1.29 is 14.7 Å². The molecule has 0 fully saturated rings. The lowest BCUT2D eigenvalue weighted by molar-refractivity contribution is -0.137. The predicted octanol–water partition coefficient (Wildman–Crippen LogP) is 3.48. The number of carboxylic acid groups (broad SMARTS) is 1. The Morgan fingerprint density at radius 1 is 1.05 bits per heavy atom.